The summed E-state index contributed by atoms with van der Waals surface area (Å²) in [6.45, 7) is 4.66. The molecule has 0 aliphatic heterocycles. The Labute approximate surface area is 607 Å². The summed E-state index contributed by atoms with van der Waals surface area (Å²) in [4.78, 5) is 72.9. The molecule has 0 spiro atoms. The van der Waals surface area contributed by atoms with Crippen molar-refractivity contribution in [3.05, 3.63) is 97.2 Å². The predicted molar refractivity (Wildman–Crippen MR) is 409 cm³/mol. The average molecular weight is 1450 g/mol. The highest BCUT2D eigenvalue weighted by Gasteiger charge is 2.30. The summed E-state index contributed by atoms with van der Waals surface area (Å²) in [7, 11) is -9.96. The molecule has 0 aromatic rings. The van der Waals surface area contributed by atoms with Crippen LogP contribution in [0.25, 0.3) is 0 Å². The Hall–Kier alpha value is -4.02. The van der Waals surface area contributed by atoms with Gasteiger partial charge in [-0.25, -0.2) is 9.13 Å². The summed E-state index contributed by atoms with van der Waals surface area (Å²) >= 11 is 0. The number of unbranched alkanes of at least 4 members (excludes halogenated alkanes) is 32. The van der Waals surface area contributed by atoms with Crippen molar-refractivity contribution in [2.45, 2.75) is 354 Å². The molecule has 0 rings (SSSR count). The Morgan fingerprint density at radius 2 is 0.540 bits per heavy atom. The van der Waals surface area contributed by atoms with Gasteiger partial charge in [0, 0.05) is 25.7 Å². The van der Waals surface area contributed by atoms with Crippen LogP contribution in [0.15, 0.2) is 97.2 Å². The summed E-state index contributed by atoms with van der Waals surface area (Å²) in [6, 6.07) is 0. The predicted octanol–water partition coefficient (Wildman–Crippen LogP) is 22.8. The van der Waals surface area contributed by atoms with E-state index in [2.05, 4.69) is 125 Å². The SMILES string of the molecule is CC/C=C\C/C=C\C/C=C\C/C=C\C/C=C\CCCCCC(=O)OCC(COP(=O)(O)OCC(O)COP(=O)(O)OCC(COC(=O)CCCCCCCCCCCCCCCCC)OC(=O)CCCCCCC/C=C\CCCCCC)OC(=O)CCCCCCC/C=C\C/C=C\CCC. The van der Waals surface area contributed by atoms with E-state index in [9.17, 15) is 43.2 Å². The first-order chi connectivity index (χ1) is 48.7. The number of hydrogen-bond donors (Lipinski definition) is 3. The maximum Gasteiger partial charge on any atom is 0.472 e. The molecule has 0 heterocycles. The fourth-order valence-electron chi connectivity index (χ4n) is 10.5. The van der Waals surface area contributed by atoms with Crippen LogP contribution >= 0.6 is 15.6 Å². The molecule has 100 heavy (non-hydrogen) atoms. The molecule has 0 aliphatic carbocycles. The van der Waals surface area contributed by atoms with Crippen molar-refractivity contribution in [2.75, 3.05) is 39.6 Å². The molecular weight excluding hydrogens is 1310 g/mol. The lowest BCUT2D eigenvalue weighted by Crippen LogP contribution is -2.30. The maximum absolute atomic E-state index is 13.1. The van der Waals surface area contributed by atoms with Gasteiger partial charge in [-0.2, -0.15) is 0 Å². The minimum atomic E-state index is -4.98. The summed E-state index contributed by atoms with van der Waals surface area (Å²) in [5.74, 6) is -2.22. The second kappa shape index (κ2) is 73.3. The number of phosphoric acid groups is 2. The van der Waals surface area contributed by atoms with Crippen molar-refractivity contribution in [3.8, 4) is 0 Å². The fraction of sp³-hybridized carbons (Fsp3) is 0.753. The summed E-state index contributed by atoms with van der Waals surface area (Å²) in [5.41, 5.74) is 0. The molecule has 17 nitrogen and oxygen atoms in total. The van der Waals surface area contributed by atoms with Crippen LogP contribution in [0.2, 0.25) is 0 Å². The molecule has 0 bridgehead atoms. The Kier molecular flexibility index (Phi) is 70.4. The third-order valence-corrected chi connectivity index (χ3v) is 18.4. The van der Waals surface area contributed by atoms with Gasteiger partial charge in [-0.15, -0.1) is 0 Å². The number of hydrogen-bond acceptors (Lipinski definition) is 15. The number of esters is 4. The molecule has 0 saturated carbocycles. The van der Waals surface area contributed by atoms with Gasteiger partial charge >= 0.3 is 39.5 Å². The number of ether oxygens (including phenoxy) is 4. The van der Waals surface area contributed by atoms with Crippen LogP contribution in [0, 0.1) is 0 Å². The Morgan fingerprint density at radius 1 is 0.290 bits per heavy atom. The van der Waals surface area contributed by atoms with E-state index in [0.29, 0.717) is 25.7 Å². The van der Waals surface area contributed by atoms with Gasteiger partial charge in [0.25, 0.3) is 0 Å². The van der Waals surface area contributed by atoms with E-state index in [1.54, 1.807) is 0 Å². The molecule has 5 atom stereocenters. The quantitative estimate of drug-likeness (QED) is 0.0169. The standard InChI is InChI=1S/C81H142O17P2/c1-5-9-13-17-21-25-29-33-35-36-37-38-40-44-46-50-54-58-62-66-79(84)92-72-77(98-81(86)68-64-60-56-52-48-42-32-28-24-20-16-12-8-4)74-96-100(89,90)94-70-75(82)69-93-99(87,88)95-73-76(97-80(85)67-63-59-55-51-47-41-31-27-23-19-15-11-7-3)71-91-78(83)65-61-57-53-49-45-43-39-34-30-26-22-18-14-10-6-2/h9,13,16,20-21,25,27-28,31-33,35,37-38,44,46,75-77,82H,5-8,10-12,14-15,17-19,22-24,26,29-30,34,36,39-43,45,47-74H2,1-4H3,(H,87,88)(H,89,90)/b13-9-,20-16-,25-21-,31-27-,32-28-,35-33-,38-37-,46-44-. The Bertz CT molecular complexity index is 2270. The monoisotopic (exact) mass is 1450 g/mol. The molecule has 0 saturated heterocycles. The van der Waals surface area contributed by atoms with Crippen LogP contribution in [-0.2, 0) is 65.4 Å². The van der Waals surface area contributed by atoms with Crippen molar-refractivity contribution in [1.82, 2.24) is 0 Å². The Morgan fingerprint density at radius 3 is 0.870 bits per heavy atom. The Balaban J connectivity index is 5.35. The number of phosphoric ester groups is 2. The molecule has 3 N–H and O–H groups in total. The van der Waals surface area contributed by atoms with Crippen molar-refractivity contribution < 1.29 is 80.2 Å². The minimum absolute atomic E-state index is 0.0706. The van der Waals surface area contributed by atoms with E-state index in [4.69, 9.17) is 37.0 Å². The summed E-state index contributed by atoms with van der Waals surface area (Å²) in [6.07, 6.45) is 76.8. The zero-order chi connectivity index (χ0) is 73.2. The highest BCUT2D eigenvalue weighted by molar-refractivity contribution is 7.47. The van der Waals surface area contributed by atoms with Crippen LogP contribution in [0.5, 0.6) is 0 Å². The van der Waals surface area contributed by atoms with Gasteiger partial charge in [0.2, 0.25) is 0 Å². The summed E-state index contributed by atoms with van der Waals surface area (Å²) in [5, 5.41) is 10.6. The maximum atomic E-state index is 13.1. The van der Waals surface area contributed by atoms with Crippen LogP contribution in [0.3, 0.4) is 0 Å². The number of allylic oxidation sites excluding steroid dienone is 16. The first kappa shape index (κ1) is 96.0. The van der Waals surface area contributed by atoms with Crippen LogP contribution in [-0.4, -0.2) is 96.7 Å². The van der Waals surface area contributed by atoms with Gasteiger partial charge in [-0.3, -0.25) is 37.3 Å². The van der Waals surface area contributed by atoms with Crippen LogP contribution < -0.4 is 0 Å². The van der Waals surface area contributed by atoms with E-state index >= 15 is 0 Å². The lowest BCUT2D eigenvalue weighted by Gasteiger charge is -2.21. The highest BCUT2D eigenvalue weighted by atomic mass is 31.2. The fourth-order valence-corrected chi connectivity index (χ4v) is 12.1. The van der Waals surface area contributed by atoms with Crippen LogP contribution in [0.4, 0.5) is 0 Å². The van der Waals surface area contributed by atoms with Gasteiger partial charge in [0.05, 0.1) is 26.4 Å². The minimum Gasteiger partial charge on any atom is -0.462 e. The second-order valence-electron chi connectivity index (χ2n) is 26.3. The molecule has 0 aromatic carbocycles. The normalized spacial score (nSPS) is 14.4. The van der Waals surface area contributed by atoms with Gasteiger partial charge in [0.1, 0.15) is 19.3 Å². The van der Waals surface area contributed by atoms with E-state index in [-0.39, 0.29) is 25.7 Å². The highest BCUT2D eigenvalue weighted by Crippen LogP contribution is 2.45. The summed E-state index contributed by atoms with van der Waals surface area (Å²) < 4.78 is 68.5. The second-order valence-corrected chi connectivity index (χ2v) is 29.2. The molecule has 0 aliphatic rings. The topological polar surface area (TPSA) is 237 Å². The third kappa shape index (κ3) is 72.3. The van der Waals surface area contributed by atoms with Gasteiger partial charge in [-0.1, -0.05) is 285 Å². The van der Waals surface area contributed by atoms with Gasteiger partial charge < -0.3 is 33.8 Å². The van der Waals surface area contributed by atoms with Crippen molar-refractivity contribution >= 4 is 39.5 Å². The van der Waals surface area contributed by atoms with E-state index in [1.165, 1.54) is 96.3 Å². The number of rotatable bonds is 74. The average Bonchev–Trinajstić information content (AvgIpc) is 0.935. The molecule has 0 fully saturated rings. The number of aliphatic hydroxyl groups excluding tert-OH is 1. The third-order valence-electron chi connectivity index (χ3n) is 16.5. The van der Waals surface area contributed by atoms with Crippen molar-refractivity contribution in [1.29, 1.82) is 0 Å². The number of aliphatic hydroxyl groups is 1. The first-order valence-corrected chi connectivity index (χ1v) is 42.5. The van der Waals surface area contributed by atoms with Gasteiger partial charge in [0.15, 0.2) is 12.2 Å². The number of carbonyl (C=O) groups excluding carboxylic acids is 4. The van der Waals surface area contributed by atoms with Crippen molar-refractivity contribution in [3.63, 3.8) is 0 Å². The van der Waals surface area contributed by atoms with E-state index in [0.717, 1.165) is 161 Å². The van der Waals surface area contributed by atoms with E-state index < -0.39 is 97.5 Å². The lowest BCUT2D eigenvalue weighted by molar-refractivity contribution is -0.161. The smallest absolute Gasteiger partial charge is 0.462 e. The zero-order valence-corrected chi connectivity index (χ0v) is 64.9. The zero-order valence-electron chi connectivity index (χ0n) is 63.1. The first-order valence-electron chi connectivity index (χ1n) is 39.5. The molecule has 578 valence electrons. The molecule has 19 heteroatoms. The van der Waals surface area contributed by atoms with Gasteiger partial charge in [-0.05, 0) is 122 Å². The van der Waals surface area contributed by atoms with Crippen molar-refractivity contribution in [2.24, 2.45) is 0 Å². The molecule has 5 unspecified atom stereocenters. The van der Waals surface area contributed by atoms with Crippen LogP contribution in [0.1, 0.15) is 336 Å². The largest absolute Gasteiger partial charge is 0.472 e. The molecular formula is C81H142O17P2. The number of carbonyl (C=O) groups is 4. The molecule has 0 amide bonds. The lowest BCUT2D eigenvalue weighted by atomic mass is 10.0. The molecule has 0 radical (unpaired) electrons. The molecule has 0 aromatic heterocycles. The van der Waals surface area contributed by atoms with E-state index in [1.807, 2.05) is 0 Å².